The molecule has 0 unspecified atom stereocenters. The lowest BCUT2D eigenvalue weighted by Crippen LogP contribution is -2.48. The van der Waals surface area contributed by atoms with Crippen molar-refractivity contribution in [3.8, 4) is 55.6 Å². The van der Waals surface area contributed by atoms with E-state index < -0.39 is 0 Å². The summed E-state index contributed by atoms with van der Waals surface area (Å²) in [5.41, 5.74) is 20.8. The minimum Gasteiger partial charge on any atom is -0.310 e. The molecule has 66 heavy (non-hydrogen) atoms. The van der Waals surface area contributed by atoms with Crippen LogP contribution in [0.3, 0.4) is 0 Å². The lowest BCUT2D eigenvalue weighted by atomic mass is 9.48. The molecular weight excluding hydrogens is 795 g/mol. The van der Waals surface area contributed by atoms with Crippen LogP contribution in [-0.2, 0) is 10.8 Å². The van der Waals surface area contributed by atoms with Gasteiger partial charge in [0.2, 0.25) is 0 Å². The van der Waals surface area contributed by atoms with E-state index in [-0.39, 0.29) is 5.41 Å². The normalized spacial score (nSPS) is 20.8. The predicted octanol–water partition coefficient (Wildman–Crippen LogP) is 17.8. The van der Waals surface area contributed by atoms with E-state index in [0.717, 1.165) is 34.8 Å². The Labute approximate surface area is 390 Å². The molecule has 5 aliphatic rings. The van der Waals surface area contributed by atoms with Gasteiger partial charge in [0.1, 0.15) is 0 Å². The van der Waals surface area contributed by atoms with Crippen LogP contribution in [0, 0.1) is 17.8 Å². The first-order chi connectivity index (χ1) is 32.4. The molecular formula is C65H55N. The zero-order chi connectivity index (χ0) is 44.0. The summed E-state index contributed by atoms with van der Waals surface area (Å²) in [6.45, 7) is 4.73. The van der Waals surface area contributed by atoms with E-state index >= 15 is 0 Å². The third kappa shape index (κ3) is 6.50. The summed E-state index contributed by atoms with van der Waals surface area (Å²) >= 11 is 0. The van der Waals surface area contributed by atoms with Crippen LogP contribution in [0.1, 0.15) is 69.1 Å². The molecule has 4 saturated carbocycles. The molecule has 4 fully saturated rings. The van der Waals surface area contributed by atoms with Crippen molar-refractivity contribution in [3.05, 3.63) is 223 Å². The standard InChI is InChI=1S/C65H55N/c1-64(2)61-20-7-6-17-59(61)60-34-27-52(39-62(60)64)51-15-8-16-56(38-51)66(55-32-25-49(26-33-55)58-19-10-14-50-13-9-18-57(63(50)58)48-11-4-3-5-12-48)54-30-23-47(24-31-54)46-21-28-53(29-22-46)65-40-43-35-44(41-65)37-45(36-43)42-65/h3-34,38-39,43-45H,35-37,40-42H2,1-2H3. The van der Waals surface area contributed by atoms with Crippen molar-refractivity contribution in [1.29, 1.82) is 0 Å². The van der Waals surface area contributed by atoms with Crippen molar-refractivity contribution < 1.29 is 0 Å². The predicted molar refractivity (Wildman–Crippen MR) is 278 cm³/mol. The van der Waals surface area contributed by atoms with E-state index in [1.807, 2.05) is 0 Å². The van der Waals surface area contributed by atoms with Crippen LogP contribution in [0.25, 0.3) is 66.4 Å². The van der Waals surface area contributed by atoms with E-state index in [4.69, 9.17) is 0 Å². The molecule has 0 aromatic heterocycles. The number of anilines is 3. The summed E-state index contributed by atoms with van der Waals surface area (Å²) in [6.07, 6.45) is 8.66. The maximum Gasteiger partial charge on any atom is 0.0467 e. The molecule has 0 N–H and O–H groups in total. The fraction of sp³-hybridized carbons (Fsp3) is 0.200. The molecule has 5 aliphatic carbocycles. The molecule has 0 spiro atoms. The van der Waals surface area contributed by atoms with Gasteiger partial charge in [-0.05, 0) is 187 Å². The quantitative estimate of drug-likeness (QED) is 0.147. The fourth-order valence-electron chi connectivity index (χ4n) is 13.7. The Bertz CT molecular complexity index is 3240. The Hall–Kier alpha value is -6.96. The van der Waals surface area contributed by atoms with Crippen molar-refractivity contribution in [1.82, 2.24) is 0 Å². The molecule has 9 aromatic carbocycles. The minimum atomic E-state index is -0.0594. The Morgan fingerprint density at radius 3 is 1.50 bits per heavy atom. The summed E-state index contributed by atoms with van der Waals surface area (Å²) < 4.78 is 0. The third-order valence-corrected chi connectivity index (χ3v) is 16.4. The van der Waals surface area contributed by atoms with Gasteiger partial charge in [-0.3, -0.25) is 0 Å². The maximum absolute atomic E-state index is 2.48. The Balaban J connectivity index is 0.873. The van der Waals surface area contributed by atoms with E-state index in [1.54, 1.807) is 5.56 Å². The van der Waals surface area contributed by atoms with E-state index in [1.165, 1.54) is 116 Å². The highest BCUT2D eigenvalue weighted by molar-refractivity contribution is 6.06. The summed E-state index contributed by atoms with van der Waals surface area (Å²) in [5.74, 6) is 2.85. The zero-order valence-electron chi connectivity index (χ0n) is 38.1. The molecule has 0 radical (unpaired) electrons. The highest BCUT2D eigenvalue weighted by Gasteiger charge is 2.51. The molecule has 0 atom stereocenters. The van der Waals surface area contributed by atoms with Gasteiger partial charge in [-0.15, -0.1) is 0 Å². The smallest absolute Gasteiger partial charge is 0.0467 e. The lowest BCUT2D eigenvalue weighted by molar-refractivity contribution is -0.00518. The van der Waals surface area contributed by atoms with E-state index in [0.29, 0.717) is 5.41 Å². The van der Waals surface area contributed by atoms with Crippen LogP contribution in [0.2, 0.25) is 0 Å². The highest BCUT2D eigenvalue weighted by atomic mass is 15.1. The monoisotopic (exact) mass is 849 g/mol. The molecule has 4 bridgehead atoms. The first-order valence-corrected chi connectivity index (χ1v) is 24.4. The Kier molecular flexibility index (Phi) is 9.14. The number of rotatable bonds is 8. The average molecular weight is 850 g/mol. The maximum atomic E-state index is 2.48. The van der Waals surface area contributed by atoms with Gasteiger partial charge in [0.15, 0.2) is 0 Å². The van der Waals surface area contributed by atoms with Crippen molar-refractivity contribution in [2.75, 3.05) is 4.90 Å². The lowest BCUT2D eigenvalue weighted by Gasteiger charge is -2.57. The first-order valence-electron chi connectivity index (χ1n) is 24.4. The van der Waals surface area contributed by atoms with Crippen molar-refractivity contribution >= 4 is 27.8 Å². The molecule has 0 saturated heterocycles. The molecule has 1 heteroatoms. The van der Waals surface area contributed by atoms with Gasteiger partial charge in [0.25, 0.3) is 0 Å². The highest BCUT2D eigenvalue weighted by Crippen LogP contribution is 2.61. The molecule has 0 amide bonds. The Morgan fingerprint density at radius 2 is 0.848 bits per heavy atom. The van der Waals surface area contributed by atoms with Crippen LogP contribution in [0.5, 0.6) is 0 Å². The van der Waals surface area contributed by atoms with Crippen LogP contribution in [-0.4, -0.2) is 0 Å². The largest absolute Gasteiger partial charge is 0.310 e. The fourth-order valence-corrected chi connectivity index (χ4v) is 13.7. The van der Waals surface area contributed by atoms with Crippen LogP contribution in [0.15, 0.2) is 206 Å². The molecule has 14 rings (SSSR count). The van der Waals surface area contributed by atoms with Gasteiger partial charge < -0.3 is 4.90 Å². The second-order valence-corrected chi connectivity index (χ2v) is 20.8. The van der Waals surface area contributed by atoms with E-state index in [2.05, 4.69) is 225 Å². The van der Waals surface area contributed by atoms with Crippen LogP contribution >= 0.6 is 0 Å². The van der Waals surface area contributed by atoms with Crippen molar-refractivity contribution in [2.45, 2.75) is 63.2 Å². The molecule has 0 aliphatic heterocycles. The summed E-state index contributed by atoms with van der Waals surface area (Å²) in [5, 5.41) is 2.53. The van der Waals surface area contributed by atoms with Crippen molar-refractivity contribution in [3.63, 3.8) is 0 Å². The van der Waals surface area contributed by atoms with Gasteiger partial charge in [0.05, 0.1) is 0 Å². The molecule has 9 aromatic rings. The minimum absolute atomic E-state index is 0.0594. The zero-order valence-corrected chi connectivity index (χ0v) is 38.1. The van der Waals surface area contributed by atoms with Crippen molar-refractivity contribution in [2.24, 2.45) is 17.8 Å². The summed E-state index contributed by atoms with van der Waals surface area (Å²) in [4.78, 5) is 2.43. The summed E-state index contributed by atoms with van der Waals surface area (Å²) in [7, 11) is 0. The molecule has 0 heterocycles. The SMILES string of the molecule is CC1(C)c2ccccc2-c2ccc(-c3cccc(N(c4ccc(-c5ccc(C67CC8CC(CC(C8)C6)C7)cc5)cc4)c4ccc(-c5cccc6cccc(-c7ccccc7)c56)cc4)c3)cc21. The number of hydrogen-bond acceptors (Lipinski definition) is 1. The number of fused-ring (bicyclic) bond motifs is 4. The van der Waals surface area contributed by atoms with Gasteiger partial charge >= 0.3 is 0 Å². The van der Waals surface area contributed by atoms with E-state index in [9.17, 15) is 0 Å². The topological polar surface area (TPSA) is 3.24 Å². The van der Waals surface area contributed by atoms with Gasteiger partial charge in [-0.25, -0.2) is 0 Å². The number of benzene rings is 9. The second kappa shape index (κ2) is 15.3. The Morgan fingerprint density at radius 1 is 0.364 bits per heavy atom. The molecule has 1 nitrogen and oxygen atoms in total. The third-order valence-electron chi connectivity index (χ3n) is 16.4. The number of nitrogens with zero attached hydrogens (tertiary/aromatic N) is 1. The van der Waals surface area contributed by atoms with Gasteiger partial charge in [-0.1, -0.05) is 178 Å². The summed E-state index contributed by atoms with van der Waals surface area (Å²) in [6, 6.07) is 77.5. The average Bonchev–Trinajstić information content (AvgIpc) is 3.59. The van der Waals surface area contributed by atoms with Crippen LogP contribution in [0.4, 0.5) is 17.1 Å². The van der Waals surface area contributed by atoms with Gasteiger partial charge in [-0.2, -0.15) is 0 Å². The molecule has 320 valence electrons. The second-order valence-electron chi connectivity index (χ2n) is 20.8. The van der Waals surface area contributed by atoms with Gasteiger partial charge in [0, 0.05) is 22.5 Å². The number of hydrogen-bond donors (Lipinski definition) is 0. The first kappa shape index (κ1) is 39.4. The van der Waals surface area contributed by atoms with Crippen LogP contribution < -0.4 is 4.90 Å².